The van der Waals surface area contributed by atoms with Crippen LogP contribution in [0, 0.1) is 46.3 Å². The molecule has 1 aromatic rings. The van der Waals surface area contributed by atoms with Crippen LogP contribution in [0.5, 0.6) is 0 Å². The molecule has 3 amide bonds. The number of rotatable bonds is 9. The zero-order valence-corrected chi connectivity index (χ0v) is 25.4. The lowest BCUT2D eigenvalue weighted by Gasteiger charge is -2.62. The molecule has 4 aliphatic carbocycles. The van der Waals surface area contributed by atoms with Crippen LogP contribution in [0.1, 0.15) is 91.4 Å². The summed E-state index contributed by atoms with van der Waals surface area (Å²) in [6.07, 6.45) is 10.3. The summed E-state index contributed by atoms with van der Waals surface area (Å²) >= 11 is 0. The molecule has 0 aromatic heterocycles. The first-order chi connectivity index (χ1) is 19.6. The third kappa shape index (κ3) is 6.17. The Hall–Kier alpha value is -2.12. The molecule has 4 fully saturated rings. The molecule has 228 valence electrons. The van der Waals surface area contributed by atoms with Gasteiger partial charge in [0.25, 0.3) is 0 Å². The Bertz CT molecular complexity index is 1050. The highest BCUT2D eigenvalue weighted by Gasteiger charge is 2.63. The number of anilines is 1. The quantitative estimate of drug-likeness (QED) is 0.246. The fourth-order valence-electron chi connectivity index (χ4n) is 10.0. The molecule has 4 aliphatic rings. The van der Waals surface area contributed by atoms with Crippen molar-refractivity contribution in [3.8, 4) is 0 Å². The Morgan fingerprint density at radius 1 is 0.951 bits per heavy atom. The minimum atomic E-state index is -0.286. The molecular formula is C34H53N3O4. The van der Waals surface area contributed by atoms with Crippen LogP contribution in [-0.4, -0.2) is 47.4 Å². The smallest absolute Gasteiger partial charge is 0.319 e. The van der Waals surface area contributed by atoms with Gasteiger partial charge in [0.05, 0.1) is 12.2 Å². The van der Waals surface area contributed by atoms with Crippen molar-refractivity contribution in [2.75, 3.05) is 18.4 Å². The van der Waals surface area contributed by atoms with Crippen LogP contribution in [0.4, 0.5) is 10.5 Å². The first-order valence-corrected chi connectivity index (χ1v) is 16.4. The minimum absolute atomic E-state index is 0.0690. The summed E-state index contributed by atoms with van der Waals surface area (Å²) in [7, 11) is 0. The van der Waals surface area contributed by atoms with E-state index >= 15 is 0 Å². The SMILES string of the molecule is C[C@H](CCC(=O)NCCCNC(=O)Nc1ccccc1)[C@H]1CC[C@H]2[C@@H]3CC[C@@H]4C[C@H](O)CC[C@]4(C)[C@H]3C[C@H](O)[C@]12C. The van der Waals surface area contributed by atoms with Crippen molar-refractivity contribution in [1.82, 2.24) is 10.6 Å². The summed E-state index contributed by atoms with van der Waals surface area (Å²) in [5, 5.41) is 30.7. The van der Waals surface area contributed by atoms with E-state index in [2.05, 4.69) is 36.7 Å². The molecule has 7 nitrogen and oxygen atoms in total. The standard InChI is InChI=1S/C34H53N3O4/c1-22(10-15-31(40)35-18-7-19-36-32(41)37-24-8-5-4-6-9-24)27-13-14-28-26-12-11-23-20-25(38)16-17-33(23,2)29(26)21-30(39)34(27,28)3/h4-6,8-9,22-23,25-30,38-39H,7,10-21H2,1-3H3,(H,35,40)(H2,36,37,41)/t22-,23-,25-,26+,27-,28+,29+,30+,33+,34-/m1/s1. The molecular weight excluding hydrogens is 514 g/mol. The second-order valence-corrected chi connectivity index (χ2v) is 14.4. The molecule has 1 aromatic carbocycles. The van der Waals surface area contributed by atoms with Gasteiger partial charge in [0.2, 0.25) is 5.91 Å². The number of hydrogen-bond acceptors (Lipinski definition) is 4. The molecule has 7 heteroatoms. The molecule has 0 radical (unpaired) electrons. The Morgan fingerprint density at radius 2 is 1.71 bits per heavy atom. The Labute approximate surface area is 246 Å². The van der Waals surface area contributed by atoms with Crippen molar-refractivity contribution in [2.24, 2.45) is 46.3 Å². The lowest BCUT2D eigenvalue weighted by molar-refractivity contribution is -0.174. The van der Waals surface area contributed by atoms with E-state index in [0.29, 0.717) is 61.4 Å². The summed E-state index contributed by atoms with van der Waals surface area (Å²) < 4.78 is 0. The summed E-state index contributed by atoms with van der Waals surface area (Å²) in [6.45, 7) is 8.17. The van der Waals surface area contributed by atoms with E-state index in [4.69, 9.17) is 0 Å². The minimum Gasteiger partial charge on any atom is -0.393 e. The number of nitrogens with one attached hydrogen (secondary N) is 3. The summed E-state index contributed by atoms with van der Waals surface area (Å²) in [5.74, 6) is 3.32. The second-order valence-electron chi connectivity index (χ2n) is 14.4. The molecule has 41 heavy (non-hydrogen) atoms. The highest BCUT2D eigenvalue weighted by Crippen LogP contribution is 2.68. The van der Waals surface area contributed by atoms with E-state index in [0.717, 1.165) is 44.2 Å². The largest absolute Gasteiger partial charge is 0.393 e. The Morgan fingerprint density at radius 3 is 2.49 bits per heavy atom. The van der Waals surface area contributed by atoms with Crippen LogP contribution in [0.15, 0.2) is 30.3 Å². The van der Waals surface area contributed by atoms with Crippen molar-refractivity contribution < 1.29 is 19.8 Å². The van der Waals surface area contributed by atoms with Gasteiger partial charge in [-0.3, -0.25) is 4.79 Å². The van der Waals surface area contributed by atoms with Crippen molar-refractivity contribution in [3.63, 3.8) is 0 Å². The fraction of sp³-hybridized carbons (Fsp3) is 0.765. The van der Waals surface area contributed by atoms with Gasteiger partial charge in [0, 0.05) is 25.2 Å². The third-order valence-corrected chi connectivity index (χ3v) is 12.3. The van der Waals surface area contributed by atoms with E-state index in [1.807, 2.05) is 30.3 Å². The Kier molecular flexibility index (Phi) is 9.34. The molecule has 5 N–H and O–H groups in total. The maximum absolute atomic E-state index is 12.6. The molecule has 0 aliphatic heterocycles. The average molecular weight is 568 g/mol. The normalized spacial score (nSPS) is 38.6. The van der Waals surface area contributed by atoms with E-state index < -0.39 is 0 Å². The number of carbonyl (C=O) groups excluding carboxylic acids is 2. The number of fused-ring (bicyclic) bond motifs is 5. The van der Waals surface area contributed by atoms with Gasteiger partial charge in [-0.1, -0.05) is 39.0 Å². The van der Waals surface area contributed by atoms with E-state index in [9.17, 15) is 19.8 Å². The lowest BCUT2D eigenvalue weighted by Crippen LogP contribution is -2.58. The number of para-hydroxylation sites is 1. The van der Waals surface area contributed by atoms with Crippen molar-refractivity contribution in [2.45, 2.75) is 104 Å². The monoisotopic (exact) mass is 567 g/mol. The van der Waals surface area contributed by atoms with Gasteiger partial charge in [0.15, 0.2) is 0 Å². The average Bonchev–Trinajstić information content (AvgIpc) is 3.32. The fourth-order valence-corrected chi connectivity index (χ4v) is 10.0. The predicted molar refractivity (Wildman–Crippen MR) is 162 cm³/mol. The van der Waals surface area contributed by atoms with Gasteiger partial charge in [-0.05, 0) is 123 Å². The van der Waals surface area contributed by atoms with Gasteiger partial charge in [-0.2, -0.15) is 0 Å². The molecule has 5 rings (SSSR count). The summed E-state index contributed by atoms with van der Waals surface area (Å²) in [5.41, 5.74) is 0.940. The van der Waals surface area contributed by atoms with Crippen molar-refractivity contribution >= 4 is 17.6 Å². The van der Waals surface area contributed by atoms with Crippen LogP contribution in [0.3, 0.4) is 0 Å². The summed E-state index contributed by atoms with van der Waals surface area (Å²) in [6, 6.07) is 9.09. The van der Waals surface area contributed by atoms with E-state index in [-0.39, 0.29) is 35.0 Å². The van der Waals surface area contributed by atoms with Crippen molar-refractivity contribution in [1.29, 1.82) is 0 Å². The number of urea groups is 1. The van der Waals surface area contributed by atoms with Gasteiger partial charge in [0.1, 0.15) is 0 Å². The maximum atomic E-state index is 12.6. The van der Waals surface area contributed by atoms with E-state index in [1.165, 1.54) is 19.3 Å². The number of amides is 3. The first-order valence-electron chi connectivity index (χ1n) is 16.4. The molecule has 0 bridgehead atoms. The molecule has 0 saturated heterocycles. The molecule has 10 atom stereocenters. The van der Waals surface area contributed by atoms with Crippen LogP contribution in [0.2, 0.25) is 0 Å². The van der Waals surface area contributed by atoms with Gasteiger partial charge in [-0.15, -0.1) is 0 Å². The third-order valence-electron chi connectivity index (χ3n) is 12.3. The number of carbonyl (C=O) groups is 2. The van der Waals surface area contributed by atoms with Crippen LogP contribution < -0.4 is 16.0 Å². The number of benzene rings is 1. The predicted octanol–water partition coefficient (Wildman–Crippen LogP) is 5.72. The van der Waals surface area contributed by atoms with Crippen molar-refractivity contribution in [3.05, 3.63) is 30.3 Å². The topological polar surface area (TPSA) is 111 Å². The molecule has 0 spiro atoms. The Balaban J connectivity index is 1.06. The van der Waals surface area contributed by atoms with E-state index in [1.54, 1.807) is 0 Å². The molecule has 4 saturated carbocycles. The lowest BCUT2D eigenvalue weighted by atomic mass is 9.43. The zero-order valence-electron chi connectivity index (χ0n) is 25.4. The second kappa shape index (κ2) is 12.6. The van der Waals surface area contributed by atoms with Gasteiger partial charge >= 0.3 is 6.03 Å². The highest BCUT2D eigenvalue weighted by atomic mass is 16.3. The maximum Gasteiger partial charge on any atom is 0.319 e. The summed E-state index contributed by atoms with van der Waals surface area (Å²) in [4.78, 5) is 24.6. The first kappa shape index (κ1) is 30.3. The van der Waals surface area contributed by atoms with Gasteiger partial charge < -0.3 is 26.2 Å². The van der Waals surface area contributed by atoms with Crippen LogP contribution in [0.25, 0.3) is 0 Å². The number of aliphatic hydroxyl groups excluding tert-OH is 2. The molecule has 0 unspecified atom stereocenters. The number of aliphatic hydroxyl groups is 2. The van der Waals surface area contributed by atoms with Crippen LogP contribution in [-0.2, 0) is 4.79 Å². The zero-order chi connectivity index (χ0) is 29.2. The van der Waals surface area contributed by atoms with Crippen LogP contribution >= 0.6 is 0 Å². The number of hydrogen-bond donors (Lipinski definition) is 5. The van der Waals surface area contributed by atoms with Gasteiger partial charge in [-0.25, -0.2) is 4.79 Å². The molecule has 0 heterocycles. The highest BCUT2D eigenvalue weighted by molar-refractivity contribution is 5.89.